The fourth-order valence-corrected chi connectivity index (χ4v) is 4.35. The van der Waals surface area contributed by atoms with Crippen LogP contribution in [0, 0.1) is 11.8 Å². The van der Waals surface area contributed by atoms with Crippen LogP contribution >= 0.6 is 0 Å². The van der Waals surface area contributed by atoms with Crippen molar-refractivity contribution in [1.82, 2.24) is 0 Å². The molecule has 162 valence electrons. The molecule has 1 saturated heterocycles. The highest BCUT2D eigenvalue weighted by Gasteiger charge is 2.25. The number of carbonyl (C=O) groups excluding carboxylic acids is 1. The zero-order valence-electron chi connectivity index (χ0n) is 18.1. The van der Waals surface area contributed by atoms with Gasteiger partial charge in [-0.15, -0.1) is 0 Å². The highest BCUT2D eigenvalue weighted by atomic mass is 16.7. The van der Waals surface area contributed by atoms with Gasteiger partial charge in [-0.05, 0) is 31.4 Å². The minimum absolute atomic E-state index is 0.0667. The van der Waals surface area contributed by atoms with Crippen LogP contribution in [0.25, 0.3) is 0 Å². The van der Waals surface area contributed by atoms with Crippen LogP contribution in [-0.4, -0.2) is 19.2 Å². The summed E-state index contributed by atoms with van der Waals surface area (Å²) in [4.78, 5) is 12.3. The third-order valence-corrected chi connectivity index (χ3v) is 6.24. The van der Waals surface area contributed by atoms with Gasteiger partial charge in [-0.25, -0.2) is 0 Å². The van der Waals surface area contributed by atoms with E-state index in [0.717, 1.165) is 44.5 Å². The minimum Gasteiger partial charge on any atom is -0.426 e. The fourth-order valence-electron chi connectivity index (χ4n) is 4.35. The standard InChI is InChI=1S/C25H38O4/c1-2-3-4-5-6-8-11-20-18-27-25(28-19-20)22-14-16-23(17-15-22)29-24(26)21-12-9-7-10-13-21/h14-17,20-21,25H,2-13,18-19H2,1H3. The van der Waals surface area contributed by atoms with Gasteiger partial charge in [-0.1, -0.05) is 76.8 Å². The molecule has 0 aromatic heterocycles. The van der Waals surface area contributed by atoms with E-state index < -0.39 is 0 Å². The minimum atomic E-state index is -0.307. The average Bonchev–Trinajstić information content (AvgIpc) is 2.78. The van der Waals surface area contributed by atoms with Gasteiger partial charge in [-0.2, -0.15) is 0 Å². The molecule has 1 aliphatic heterocycles. The SMILES string of the molecule is CCCCCCCCC1COC(c2ccc(OC(=O)C3CCCCC3)cc2)OC1. The molecule has 0 bridgehead atoms. The largest absolute Gasteiger partial charge is 0.426 e. The summed E-state index contributed by atoms with van der Waals surface area (Å²) in [7, 11) is 0. The van der Waals surface area contributed by atoms with Crippen molar-refractivity contribution in [3.8, 4) is 5.75 Å². The van der Waals surface area contributed by atoms with E-state index in [9.17, 15) is 4.79 Å². The molecule has 4 nitrogen and oxygen atoms in total. The zero-order chi connectivity index (χ0) is 20.3. The van der Waals surface area contributed by atoms with Crippen LogP contribution < -0.4 is 4.74 Å². The topological polar surface area (TPSA) is 44.8 Å². The monoisotopic (exact) mass is 402 g/mol. The molecule has 0 radical (unpaired) electrons. The Morgan fingerprint density at radius 3 is 2.28 bits per heavy atom. The molecule has 0 atom stereocenters. The average molecular weight is 403 g/mol. The van der Waals surface area contributed by atoms with E-state index in [-0.39, 0.29) is 18.2 Å². The summed E-state index contributed by atoms with van der Waals surface area (Å²) in [5.41, 5.74) is 0.987. The molecule has 2 aliphatic rings. The van der Waals surface area contributed by atoms with Crippen molar-refractivity contribution in [2.45, 2.75) is 90.3 Å². The van der Waals surface area contributed by atoms with Gasteiger partial charge in [0, 0.05) is 11.5 Å². The van der Waals surface area contributed by atoms with Crippen LogP contribution in [0.3, 0.4) is 0 Å². The van der Waals surface area contributed by atoms with Gasteiger partial charge in [-0.3, -0.25) is 4.79 Å². The number of ether oxygens (including phenoxy) is 3. The first-order chi connectivity index (χ1) is 14.3. The molecule has 4 heteroatoms. The molecule has 2 fully saturated rings. The second-order valence-electron chi connectivity index (χ2n) is 8.75. The molecule has 1 aromatic carbocycles. The summed E-state index contributed by atoms with van der Waals surface area (Å²) in [5.74, 6) is 1.10. The molecule has 0 unspecified atom stereocenters. The van der Waals surface area contributed by atoms with Crippen molar-refractivity contribution in [3.63, 3.8) is 0 Å². The van der Waals surface area contributed by atoms with E-state index in [0.29, 0.717) is 11.7 Å². The number of hydrogen-bond donors (Lipinski definition) is 0. The predicted octanol–water partition coefficient (Wildman–Crippen LogP) is 6.58. The van der Waals surface area contributed by atoms with Crippen LogP contribution in [-0.2, 0) is 14.3 Å². The molecular weight excluding hydrogens is 364 g/mol. The summed E-state index contributed by atoms with van der Waals surface area (Å²) < 4.78 is 17.5. The van der Waals surface area contributed by atoms with Gasteiger partial charge in [0.25, 0.3) is 0 Å². The Morgan fingerprint density at radius 1 is 0.931 bits per heavy atom. The van der Waals surface area contributed by atoms with Gasteiger partial charge in [0.1, 0.15) is 5.75 Å². The van der Waals surface area contributed by atoms with Crippen molar-refractivity contribution in [2.75, 3.05) is 13.2 Å². The summed E-state index contributed by atoms with van der Waals surface area (Å²) in [5, 5.41) is 0. The first kappa shape index (κ1) is 22.3. The number of esters is 1. The van der Waals surface area contributed by atoms with Gasteiger partial charge >= 0.3 is 5.97 Å². The molecule has 1 aliphatic carbocycles. The van der Waals surface area contributed by atoms with Crippen molar-refractivity contribution in [1.29, 1.82) is 0 Å². The lowest BCUT2D eigenvalue weighted by atomic mass is 9.89. The lowest BCUT2D eigenvalue weighted by molar-refractivity contribution is -0.206. The third-order valence-electron chi connectivity index (χ3n) is 6.24. The molecule has 0 N–H and O–H groups in total. The quantitative estimate of drug-likeness (QED) is 0.252. The highest BCUT2D eigenvalue weighted by Crippen LogP contribution is 2.29. The van der Waals surface area contributed by atoms with E-state index in [1.165, 1.54) is 51.4 Å². The Balaban J connectivity index is 1.36. The van der Waals surface area contributed by atoms with Gasteiger partial charge in [0.05, 0.1) is 19.1 Å². The lowest BCUT2D eigenvalue weighted by Gasteiger charge is -2.29. The van der Waals surface area contributed by atoms with Crippen molar-refractivity contribution < 1.29 is 19.0 Å². The molecule has 0 spiro atoms. The molecule has 1 saturated carbocycles. The van der Waals surface area contributed by atoms with Gasteiger partial charge in [0.15, 0.2) is 6.29 Å². The van der Waals surface area contributed by atoms with Crippen LogP contribution in [0.2, 0.25) is 0 Å². The van der Waals surface area contributed by atoms with Crippen molar-refractivity contribution >= 4 is 5.97 Å². The van der Waals surface area contributed by atoms with Gasteiger partial charge < -0.3 is 14.2 Å². The second-order valence-corrected chi connectivity index (χ2v) is 8.75. The van der Waals surface area contributed by atoms with E-state index in [1.54, 1.807) is 0 Å². The maximum atomic E-state index is 12.3. The first-order valence-corrected chi connectivity index (χ1v) is 11.8. The third kappa shape index (κ3) is 7.42. The van der Waals surface area contributed by atoms with E-state index >= 15 is 0 Å². The molecule has 0 amide bonds. The lowest BCUT2D eigenvalue weighted by Crippen LogP contribution is -2.27. The Morgan fingerprint density at radius 2 is 1.59 bits per heavy atom. The van der Waals surface area contributed by atoms with Crippen LogP contribution in [0.4, 0.5) is 0 Å². The first-order valence-electron chi connectivity index (χ1n) is 11.8. The molecule has 3 rings (SSSR count). The van der Waals surface area contributed by atoms with E-state index in [4.69, 9.17) is 14.2 Å². The number of benzene rings is 1. The van der Waals surface area contributed by atoms with Crippen LogP contribution in [0.1, 0.15) is 95.8 Å². The molecular formula is C25H38O4. The summed E-state index contributed by atoms with van der Waals surface area (Å²) >= 11 is 0. The number of unbranched alkanes of at least 4 members (excludes halogenated alkanes) is 5. The van der Waals surface area contributed by atoms with Crippen molar-refractivity contribution in [3.05, 3.63) is 29.8 Å². The summed E-state index contributed by atoms with van der Waals surface area (Å²) in [6.07, 6.45) is 14.3. The number of hydrogen-bond acceptors (Lipinski definition) is 4. The van der Waals surface area contributed by atoms with Crippen LogP contribution in [0.5, 0.6) is 5.75 Å². The second kappa shape index (κ2) is 12.3. The van der Waals surface area contributed by atoms with E-state index in [1.807, 2.05) is 24.3 Å². The molecule has 1 aromatic rings. The van der Waals surface area contributed by atoms with Crippen LogP contribution in [0.15, 0.2) is 24.3 Å². The zero-order valence-corrected chi connectivity index (χ0v) is 18.1. The highest BCUT2D eigenvalue weighted by molar-refractivity contribution is 5.75. The maximum Gasteiger partial charge on any atom is 0.314 e. The Labute approximate surface area is 176 Å². The summed E-state index contributed by atoms with van der Waals surface area (Å²) in [6.45, 7) is 3.78. The molecule has 1 heterocycles. The maximum absolute atomic E-state index is 12.3. The Kier molecular flexibility index (Phi) is 9.49. The number of carbonyl (C=O) groups is 1. The predicted molar refractivity (Wildman–Crippen MR) is 115 cm³/mol. The smallest absolute Gasteiger partial charge is 0.314 e. The van der Waals surface area contributed by atoms with Crippen molar-refractivity contribution in [2.24, 2.45) is 11.8 Å². The fraction of sp³-hybridized carbons (Fsp3) is 0.720. The molecule has 29 heavy (non-hydrogen) atoms. The Hall–Kier alpha value is -1.39. The normalized spacial score (nSPS) is 23.1. The number of rotatable bonds is 10. The van der Waals surface area contributed by atoms with E-state index in [2.05, 4.69) is 6.92 Å². The Bertz CT molecular complexity index is 583. The van der Waals surface area contributed by atoms with Gasteiger partial charge in [0.2, 0.25) is 0 Å². The summed E-state index contributed by atoms with van der Waals surface area (Å²) in [6, 6.07) is 7.60.